The fourth-order valence-electron chi connectivity index (χ4n) is 1.66. The molecule has 13 heavy (non-hydrogen) atoms. The molecule has 2 rings (SSSR count). The molecule has 0 bridgehead atoms. The number of halogens is 1. The molecule has 2 nitrogen and oxygen atoms in total. The largest absolute Gasteiger partial charge is 0.311 e. The molecule has 1 aliphatic heterocycles. The molecule has 2 N–H and O–H groups in total. The van der Waals surface area contributed by atoms with E-state index in [1.165, 1.54) is 4.88 Å². The first-order valence-electron chi connectivity index (χ1n) is 4.49. The summed E-state index contributed by atoms with van der Waals surface area (Å²) in [6, 6.07) is 4.98. The fourth-order valence-corrected chi connectivity index (χ4v) is 2.91. The summed E-state index contributed by atoms with van der Waals surface area (Å²) in [5.74, 6) is 0. The van der Waals surface area contributed by atoms with Crippen LogP contribution in [0.3, 0.4) is 0 Å². The van der Waals surface area contributed by atoms with Gasteiger partial charge in [-0.05, 0) is 19.1 Å². The van der Waals surface area contributed by atoms with Crippen LogP contribution in [0, 0.1) is 0 Å². The Morgan fingerprint density at radius 2 is 2.15 bits per heavy atom. The van der Waals surface area contributed by atoms with E-state index in [9.17, 15) is 0 Å². The van der Waals surface area contributed by atoms with Crippen LogP contribution >= 0.6 is 22.9 Å². The lowest BCUT2D eigenvalue weighted by Crippen LogP contribution is -2.48. The van der Waals surface area contributed by atoms with Crippen LogP contribution in [-0.2, 0) is 0 Å². The van der Waals surface area contributed by atoms with Crippen molar-refractivity contribution in [2.45, 2.75) is 19.0 Å². The Morgan fingerprint density at radius 3 is 2.77 bits per heavy atom. The summed E-state index contributed by atoms with van der Waals surface area (Å²) in [6.07, 6.45) is 0. The number of piperazine rings is 1. The predicted molar refractivity (Wildman–Crippen MR) is 57.5 cm³/mol. The van der Waals surface area contributed by atoms with Crippen molar-refractivity contribution in [3.63, 3.8) is 0 Å². The molecular formula is C9H13ClN2S. The molecule has 0 aromatic carbocycles. The highest BCUT2D eigenvalue weighted by atomic mass is 35.5. The van der Waals surface area contributed by atoms with Crippen molar-refractivity contribution >= 4 is 22.9 Å². The maximum atomic E-state index is 5.90. The molecule has 0 spiro atoms. The van der Waals surface area contributed by atoms with E-state index < -0.39 is 0 Å². The van der Waals surface area contributed by atoms with Gasteiger partial charge in [-0.1, -0.05) is 11.6 Å². The van der Waals surface area contributed by atoms with Crippen LogP contribution in [0.1, 0.15) is 17.8 Å². The molecule has 1 aromatic heterocycles. The van der Waals surface area contributed by atoms with Gasteiger partial charge in [0.15, 0.2) is 0 Å². The Hall–Kier alpha value is -0.0900. The van der Waals surface area contributed by atoms with Crippen molar-refractivity contribution in [2.24, 2.45) is 0 Å². The molecule has 1 aromatic rings. The Kier molecular flexibility index (Phi) is 2.89. The van der Waals surface area contributed by atoms with Crippen LogP contribution in [0.2, 0.25) is 4.34 Å². The molecule has 0 amide bonds. The van der Waals surface area contributed by atoms with Crippen molar-refractivity contribution in [1.82, 2.24) is 10.6 Å². The Morgan fingerprint density at radius 1 is 1.38 bits per heavy atom. The second-order valence-corrected chi connectivity index (χ2v) is 5.06. The summed E-state index contributed by atoms with van der Waals surface area (Å²) in [4.78, 5) is 1.32. The molecule has 1 aliphatic rings. The summed E-state index contributed by atoms with van der Waals surface area (Å²) in [7, 11) is 0. The molecule has 0 aliphatic carbocycles. The summed E-state index contributed by atoms with van der Waals surface area (Å²) in [5.41, 5.74) is 0. The third-order valence-corrected chi connectivity index (χ3v) is 3.67. The van der Waals surface area contributed by atoms with E-state index in [1.54, 1.807) is 11.3 Å². The maximum Gasteiger partial charge on any atom is 0.0931 e. The first-order chi connectivity index (χ1) is 6.27. The van der Waals surface area contributed by atoms with E-state index in [2.05, 4.69) is 23.6 Å². The zero-order valence-electron chi connectivity index (χ0n) is 7.51. The van der Waals surface area contributed by atoms with Gasteiger partial charge in [-0.15, -0.1) is 11.3 Å². The first-order valence-corrected chi connectivity index (χ1v) is 5.69. The quantitative estimate of drug-likeness (QED) is 0.751. The smallest absolute Gasteiger partial charge is 0.0931 e. The van der Waals surface area contributed by atoms with Crippen LogP contribution in [0.25, 0.3) is 0 Å². The first kappa shape index (κ1) is 9.46. The van der Waals surface area contributed by atoms with Gasteiger partial charge >= 0.3 is 0 Å². The van der Waals surface area contributed by atoms with Gasteiger partial charge in [-0.2, -0.15) is 0 Å². The zero-order valence-corrected chi connectivity index (χ0v) is 9.08. The van der Waals surface area contributed by atoms with Crippen LogP contribution in [-0.4, -0.2) is 19.1 Å². The molecule has 1 fully saturated rings. The van der Waals surface area contributed by atoms with Crippen molar-refractivity contribution in [2.75, 3.05) is 13.1 Å². The molecule has 4 heteroatoms. The molecule has 1 saturated heterocycles. The van der Waals surface area contributed by atoms with Gasteiger partial charge in [-0.25, -0.2) is 0 Å². The van der Waals surface area contributed by atoms with Gasteiger partial charge in [0.25, 0.3) is 0 Å². The summed E-state index contributed by atoms with van der Waals surface area (Å²) in [5, 5.41) is 6.93. The average molecular weight is 217 g/mol. The minimum atomic E-state index is 0.422. The number of hydrogen-bond acceptors (Lipinski definition) is 3. The third-order valence-electron chi connectivity index (χ3n) is 2.36. The Balaban J connectivity index is 2.14. The highest BCUT2D eigenvalue weighted by Crippen LogP contribution is 2.29. The summed E-state index contributed by atoms with van der Waals surface area (Å²) in [6.45, 7) is 4.28. The average Bonchev–Trinajstić information content (AvgIpc) is 2.53. The van der Waals surface area contributed by atoms with E-state index in [4.69, 9.17) is 11.6 Å². The van der Waals surface area contributed by atoms with E-state index >= 15 is 0 Å². The van der Waals surface area contributed by atoms with Gasteiger partial charge in [0, 0.05) is 24.0 Å². The lowest BCUT2D eigenvalue weighted by atomic mass is 10.1. The lowest BCUT2D eigenvalue weighted by molar-refractivity contribution is 0.349. The second-order valence-electron chi connectivity index (χ2n) is 3.32. The number of thiophene rings is 1. The molecule has 2 atom stereocenters. The van der Waals surface area contributed by atoms with Crippen LogP contribution in [0.15, 0.2) is 12.1 Å². The lowest BCUT2D eigenvalue weighted by Gasteiger charge is -2.30. The predicted octanol–water partition coefficient (Wildman–Crippen LogP) is 2.02. The van der Waals surface area contributed by atoms with Gasteiger partial charge < -0.3 is 10.6 Å². The van der Waals surface area contributed by atoms with E-state index in [0.717, 1.165) is 17.4 Å². The molecule has 0 saturated carbocycles. The molecule has 0 radical (unpaired) electrons. The third kappa shape index (κ3) is 2.05. The van der Waals surface area contributed by atoms with E-state index in [-0.39, 0.29) is 0 Å². The zero-order chi connectivity index (χ0) is 9.26. The van der Waals surface area contributed by atoms with Crippen LogP contribution in [0.5, 0.6) is 0 Å². The van der Waals surface area contributed by atoms with Crippen molar-refractivity contribution < 1.29 is 0 Å². The molecule has 2 heterocycles. The second kappa shape index (κ2) is 3.96. The topological polar surface area (TPSA) is 24.1 Å². The summed E-state index contributed by atoms with van der Waals surface area (Å²) < 4.78 is 0.870. The van der Waals surface area contributed by atoms with Crippen molar-refractivity contribution in [1.29, 1.82) is 0 Å². The minimum Gasteiger partial charge on any atom is -0.311 e. The van der Waals surface area contributed by atoms with Gasteiger partial charge in [0.2, 0.25) is 0 Å². The number of rotatable bonds is 1. The Bertz CT molecular complexity index is 287. The number of hydrogen-bond donors (Lipinski definition) is 2. The fraction of sp³-hybridized carbons (Fsp3) is 0.556. The van der Waals surface area contributed by atoms with Crippen molar-refractivity contribution in [3.8, 4) is 0 Å². The van der Waals surface area contributed by atoms with Crippen molar-refractivity contribution in [3.05, 3.63) is 21.3 Å². The summed E-state index contributed by atoms with van der Waals surface area (Å²) >= 11 is 7.56. The monoisotopic (exact) mass is 216 g/mol. The molecule has 2 unspecified atom stereocenters. The van der Waals surface area contributed by atoms with Crippen LogP contribution in [0.4, 0.5) is 0 Å². The van der Waals surface area contributed by atoms with E-state index in [1.807, 2.05) is 6.07 Å². The normalized spacial score (nSPS) is 29.1. The Labute approximate surface area is 87.3 Å². The van der Waals surface area contributed by atoms with Gasteiger partial charge in [-0.3, -0.25) is 0 Å². The SMILES string of the molecule is CC1NCCNC1c1ccc(Cl)s1. The van der Waals surface area contributed by atoms with Crippen LogP contribution < -0.4 is 10.6 Å². The van der Waals surface area contributed by atoms with Gasteiger partial charge in [0.1, 0.15) is 0 Å². The standard InChI is InChI=1S/C9H13ClN2S/c1-6-9(12-5-4-11-6)7-2-3-8(10)13-7/h2-3,6,9,11-12H,4-5H2,1H3. The minimum absolute atomic E-state index is 0.422. The van der Waals surface area contributed by atoms with Gasteiger partial charge in [0.05, 0.1) is 10.4 Å². The molecular weight excluding hydrogens is 204 g/mol. The highest BCUT2D eigenvalue weighted by Gasteiger charge is 2.22. The maximum absolute atomic E-state index is 5.90. The highest BCUT2D eigenvalue weighted by molar-refractivity contribution is 7.16. The van der Waals surface area contributed by atoms with E-state index in [0.29, 0.717) is 12.1 Å². The number of nitrogens with one attached hydrogen (secondary N) is 2. The molecule has 72 valence electrons.